The number of aromatic nitrogens is 2. The fourth-order valence-electron chi connectivity index (χ4n) is 3.19. The number of fused-ring (bicyclic) bond motifs is 1. The highest BCUT2D eigenvalue weighted by atomic mass is 79.9. The van der Waals surface area contributed by atoms with Gasteiger partial charge in [-0.05, 0) is 51.3 Å². The number of imidazole rings is 1. The zero-order valence-corrected chi connectivity index (χ0v) is 20.6. The van der Waals surface area contributed by atoms with Crippen LogP contribution in [0.5, 0.6) is 0 Å². The highest BCUT2D eigenvalue weighted by Crippen LogP contribution is 2.27. The monoisotopic (exact) mass is 538 g/mol. The number of benzene rings is 3. The van der Waals surface area contributed by atoms with Crippen molar-refractivity contribution in [3.63, 3.8) is 0 Å². The molecular formula is C25H20BrClN4OS. The predicted octanol–water partition coefficient (Wildman–Crippen LogP) is 6.37. The Bertz CT molecular complexity index is 1320. The first-order valence-electron chi connectivity index (χ1n) is 10.2. The van der Waals surface area contributed by atoms with E-state index >= 15 is 0 Å². The summed E-state index contributed by atoms with van der Waals surface area (Å²) in [6, 6.07) is 25.5. The molecular weight excluding hydrogens is 520 g/mol. The van der Waals surface area contributed by atoms with E-state index in [1.165, 1.54) is 11.8 Å². The van der Waals surface area contributed by atoms with Crippen molar-refractivity contribution in [2.24, 2.45) is 5.10 Å². The van der Waals surface area contributed by atoms with Crippen molar-refractivity contribution < 1.29 is 4.79 Å². The number of rotatable bonds is 8. The van der Waals surface area contributed by atoms with E-state index in [4.69, 9.17) is 16.6 Å². The van der Waals surface area contributed by atoms with E-state index in [2.05, 4.69) is 31.0 Å². The molecule has 0 aliphatic heterocycles. The quantitative estimate of drug-likeness (QED) is 0.161. The molecule has 8 heteroatoms. The van der Waals surface area contributed by atoms with Crippen LogP contribution in [0.2, 0.25) is 5.02 Å². The van der Waals surface area contributed by atoms with Crippen molar-refractivity contribution in [3.05, 3.63) is 99.5 Å². The molecule has 0 radical (unpaired) electrons. The van der Waals surface area contributed by atoms with Gasteiger partial charge in [-0.25, -0.2) is 10.4 Å². The second-order valence-electron chi connectivity index (χ2n) is 7.08. The predicted molar refractivity (Wildman–Crippen MR) is 141 cm³/mol. The Hall–Kier alpha value is -2.87. The second-order valence-corrected chi connectivity index (χ2v) is 9.35. The number of allylic oxidation sites excluding steroid dienone is 1. The molecule has 0 unspecified atom stereocenters. The maximum absolute atomic E-state index is 12.4. The number of amides is 1. The first kappa shape index (κ1) is 23.3. The number of thioether (sulfide) groups is 1. The molecule has 1 aromatic heterocycles. The van der Waals surface area contributed by atoms with Crippen molar-refractivity contribution in [1.82, 2.24) is 15.0 Å². The summed E-state index contributed by atoms with van der Waals surface area (Å²) in [7, 11) is 0. The van der Waals surface area contributed by atoms with Crippen LogP contribution in [0.4, 0.5) is 0 Å². The summed E-state index contributed by atoms with van der Waals surface area (Å²) in [5, 5.41) is 5.48. The van der Waals surface area contributed by atoms with Crippen LogP contribution in [0.15, 0.2) is 93.6 Å². The van der Waals surface area contributed by atoms with Gasteiger partial charge in [0.1, 0.15) is 0 Å². The second kappa shape index (κ2) is 11.3. The van der Waals surface area contributed by atoms with Crippen LogP contribution < -0.4 is 5.43 Å². The Balaban J connectivity index is 1.42. The lowest BCUT2D eigenvalue weighted by molar-refractivity contribution is -0.118. The summed E-state index contributed by atoms with van der Waals surface area (Å²) in [6.07, 6.45) is 3.48. The van der Waals surface area contributed by atoms with E-state index in [9.17, 15) is 4.79 Å². The van der Waals surface area contributed by atoms with Crippen LogP contribution >= 0.6 is 39.3 Å². The molecule has 166 valence electrons. The number of hydrazone groups is 1. The Labute approximate surface area is 209 Å². The average Bonchev–Trinajstić information content (AvgIpc) is 3.17. The van der Waals surface area contributed by atoms with Gasteiger partial charge < -0.3 is 4.57 Å². The molecule has 4 rings (SSSR count). The van der Waals surface area contributed by atoms with Crippen molar-refractivity contribution in [2.45, 2.75) is 11.7 Å². The standard InChI is InChI=1S/C25H20BrClN4OS/c26-20(14-18-8-2-1-3-9-18)15-28-30-24(32)17-33-25-29-22-12-6-7-13-23(22)31(25)16-19-10-4-5-11-21(19)27/h1-15H,16-17H2,(H,30,32)/b20-14-,28-15-. The van der Waals surface area contributed by atoms with E-state index in [0.29, 0.717) is 11.6 Å². The zero-order valence-electron chi connectivity index (χ0n) is 17.5. The lowest BCUT2D eigenvalue weighted by atomic mass is 10.2. The molecule has 0 spiro atoms. The fraction of sp³-hybridized carbons (Fsp3) is 0.0800. The molecule has 0 saturated carbocycles. The highest BCUT2D eigenvalue weighted by Gasteiger charge is 2.14. The third-order valence-electron chi connectivity index (χ3n) is 4.72. The molecule has 1 N–H and O–H groups in total. The van der Waals surface area contributed by atoms with E-state index in [0.717, 1.165) is 31.8 Å². The van der Waals surface area contributed by atoms with Crippen molar-refractivity contribution in [1.29, 1.82) is 0 Å². The first-order valence-corrected chi connectivity index (χ1v) is 12.3. The minimum Gasteiger partial charge on any atom is -0.314 e. The number of carbonyl (C=O) groups excluding carboxylic acids is 1. The number of carbonyl (C=O) groups is 1. The Morgan fingerprint density at radius 3 is 2.61 bits per heavy atom. The van der Waals surface area contributed by atoms with Crippen LogP contribution in [0, 0.1) is 0 Å². The molecule has 3 aromatic carbocycles. The van der Waals surface area contributed by atoms with Gasteiger partial charge in [-0.15, -0.1) is 0 Å². The maximum atomic E-state index is 12.4. The summed E-state index contributed by atoms with van der Waals surface area (Å²) < 4.78 is 2.83. The summed E-state index contributed by atoms with van der Waals surface area (Å²) >= 11 is 11.2. The third kappa shape index (κ3) is 6.35. The first-order chi connectivity index (χ1) is 16.1. The van der Waals surface area contributed by atoms with E-state index in [1.807, 2.05) is 84.9 Å². The number of halogens is 2. The van der Waals surface area contributed by atoms with E-state index < -0.39 is 0 Å². The Morgan fingerprint density at radius 2 is 1.79 bits per heavy atom. The van der Waals surface area contributed by atoms with Gasteiger partial charge in [-0.2, -0.15) is 5.10 Å². The fourth-order valence-corrected chi connectivity index (χ4v) is 4.56. The molecule has 0 atom stereocenters. The maximum Gasteiger partial charge on any atom is 0.250 e. The SMILES string of the molecule is O=C(CSc1nc2ccccc2n1Cc1ccccc1Cl)N/N=C\C(Br)=C\c1ccccc1. The molecule has 4 aromatic rings. The van der Waals surface area contributed by atoms with Gasteiger partial charge in [0.25, 0.3) is 5.91 Å². The lowest BCUT2D eigenvalue weighted by Gasteiger charge is -2.10. The van der Waals surface area contributed by atoms with Gasteiger partial charge in [0.05, 0.1) is 29.5 Å². The molecule has 0 aliphatic carbocycles. The minimum absolute atomic E-state index is 0.184. The smallest absolute Gasteiger partial charge is 0.250 e. The normalized spacial score (nSPS) is 11.9. The van der Waals surface area contributed by atoms with Crippen molar-refractivity contribution in [3.8, 4) is 0 Å². The molecule has 0 aliphatic rings. The topological polar surface area (TPSA) is 59.3 Å². The van der Waals surface area contributed by atoms with E-state index in [1.54, 1.807) is 6.21 Å². The summed E-state index contributed by atoms with van der Waals surface area (Å²) in [5.41, 5.74) is 6.46. The number of hydrogen-bond donors (Lipinski definition) is 1. The summed E-state index contributed by atoms with van der Waals surface area (Å²) in [6.45, 7) is 0.569. The number of nitrogens with one attached hydrogen (secondary N) is 1. The number of nitrogens with zero attached hydrogens (tertiary/aromatic N) is 3. The molecule has 5 nitrogen and oxygen atoms in total. The van der Waals surface area contributed by atoms with Crippen LogP contribution in [0.3, 0.4) is 0 Å². The highest BCUT2D eigenvalue weighted by molar-refractivity contribution is 9.12. The largest absolute Gasteiger partial charge is 0.314 e. The minimum atomic E-state index is -0.215. The van der Waals surface area contributed by atoms with Gasteiger partial charge in [-0.3, -0.25) is 4.79 Å². The zero-order chi connectivity index (χ0) is 23.0. The van der Waals surface area contributed by atoms with Crippen molar-refractivity contribution in [2.75, 3.05) is 5.75 Å². The Kier molecular flexibility index (Phi) is 7.99. The van der Waals surface area contributed by atoms with Crippen LogP contribution in [-0.2, 0) is 11.3 Å². The molecule has 1 amide bonds. The van der Waals surface area contributed by atoms with Gasteiger partial charge in [0.15, 0.2) is 5.16 Å². The van der Waals surface area contributed by atoms with E-state index in [-0.39, 0.29) is 11.7 Å². The van der Waals surface area contributed by atoms with Crippen LogP contribution in [0.1, 0.15) is 11.1 Å². The van der Waals surface area contributed by atoms with Crippen LogP contribution in [-0.4, -0.2) is 27.4 Å². The average molecular weight is 540 g/mol. The molecule has 1 heterocycles. The molecule has 33 heavy (non-hydrogen) atoms. The van der Waals surface area contributed by atoms with Gasteiger partial charge >= 0.3 is 0 Å². The Morgan fingerprint density at radius 1 is 1.06 bits per heavy atom. The third-order valence-corrected chi connectivity index (χ3v) is 6.50. The van der Waals surface area contributed by atoms with Crippen molar-refractivity contribution >= 4 is 68.5 Å². The molecule has 0 saturated heterocycles. The lowest BCUT2D eigenvalue weighted by Crippen LogP contribution is -2.20. The van der Waals surface area contributed by atoms with Gasteiger partial charge in [-0.1, -0.05) is 84.0 Å². The summed E-state index contributed by atoms with van der Waals surface area (Å²) in [5.74, 6) is -0.0314. The van der Waals surface area contributed by atoms with Crippen LogP contribution in [0.25, 0.3) is 17.1 Å². The number of para-hydroxylation sites is 2. The van der Waals surface area contributed by atoms with Gasteiger partial charge in [0, 0.05) is 9.51 Å². The molecule has 0 bridgehead atoms. The van der Waals surface area contributed by atoms with Gasteiger partial charge in [0.2, 0.25) is 0 Å². The molecule has 0 fully saturated rings. The summed E-state index contributed by atoms with van der Waals surface area (Å²) in [4.78, 5) is 17.1. The number of hydrogen-bond acceptors (Lipinski definition) is 4.